The maximum atomic E-state index is 12.5. The van der Waals surface area contributed by atoms with Crippen molar-refractivity contribution in [2.24, 2.45) is 5.92 Å². The fraction of sp³-hybridized carbons (Fsp3) is 0.600. The van der Waals surface area contributed by atoms with E-state index in [0.717, 1.165) is 43.9 Å². The SMILES string of the molecule is CC(C)CN1CCCC2(C1)C(=O)Nc1cccnc12. The lowest BCUT2D eigenvalue weighted by Crippen LogP contribution is -2.51. The zero-order valence-corrected chi connectivity index (χ0v) is 11.6. The second-order valence-electron chi connectivity index (χ2n) is 6.17. The lowest BCUT2D eigenvalue weighted by Gasteiger charge is -2.39. The summed E-state index contributed by atoms with van der Waals surface area (Å²) < 4.78 is 0. The van der Waals surface area contributed by atoms with Gasteiger partial charge >= 0.3 is 0 Å². The standard InChI is InChI=1S/C15H21N3O/c1-11(2)9-18-8-4-6-15(10-18)13-12(17-14(15)19)5-3-7-16-13/h3,5,7,11H,4,6,8-10H2,1-2H3,(H,17,19). The van der Waals surface area contributed by atoms with Crippen LogP contribution in [-0.2, 0) is 10.2 Å². The molecule has 0 bridgehead atoms. The number of hydrogen-bond acceptors (Lipinski definition) is 3. The van der Waals surface area contributed by atoms with Crippen LogP contribution in [0.3, 0.4) is 0 Å². The highest BCUT2D eigenvalue weighted by Gasteiger charge is 2.50. The monoisotopic (exact) mass is 259 g/mol. The van der Waals surface area contributed by atoms with E-state index in [1.807, 2.05) is 12.1 Å². The van der Waals surface area contributed by atoms with Crippen molar-refractivity contribution in [2.75, 3.05) is 25.0 Å². The fourth-order valence-corrected chi connectivity index (χ4v) is 3.43. The molecule has 4 nitrogen and oxygen atoms in total. The van der Waals surface area contributed by atoms with E-state index in [0.29, 0.717) is 5.92 Å². The molecule has 1 amide bonds. The molecule has 1 N–H and O–H groups in total. The Morgan fingerprint density at radius 1 is 1.53 bits per heavy atom. The van der Waals surface area contributed by atoms with E-state index in [9.17, 15) is 4.79 Å². The van der Waals surface area contributed by atoms with E-state index < -0.39 is 5.41 Å². The first-order valence-corrected chi connectivity index (χ1v) is 7.11. The van der Waals surface area contributed by atoms with Crippen molar-refractivity contribution in [1.82, 2.24) is 9.88 Å². The smallest absolute Gasteiger partial charge is 0.238 e. The number of amides is 1. The van der Waals surface area contributed by atoms with Crippen LogP contribution in [0, 0.1) is 5.92 Å². The van der Waals surface area contributed by atoms with Gasteiger partial charge in [0.25, 0.3) is 0 Å². The van der Waals surface area contributed by atoms with Gasteiger partial charge in [-0.15, -0.1) is 0 Å². The number of carbonyl (C=O) groups is 1. The molecule has 19 heavy (non-hydrogen) atoms. The van der Waals surface area contributed by atoms with Gasteiger partial charge in [0.2, 0.25) is 5.91 Å². The largest absolute Gasteiger partial charge is 0.324 e. The molecular weight excluding hydrogens is 238 g/mol. The van der Waals surface area contributed by atoms with Gasteiger partial charge in [-0.2, -0.15) is 0 Å². The number of nitrogens with one attached hydrogen (secondary N) is 1. The van der Waals surface area contributed by atoms with Crippen LogP contribution >= 0.6 is 0 Å². The molecule has 0 aromatic carbocycles. The summed E-state index contributed by atoms with van der Waals surface area (Å²) in [7, 11) is 0. The number of likely N-dealkylation sites (tertiary alicyclic amines) is 1. The molecule has 102 valence electrons. The van der Waals surface area contributed by atoms with E-state index in [2.05, 4.69) is 29.0 Å². The Hall–Kier alpha value is -1.42. The molecule has 1 aromatic heterocycles. The molecule has 2 aliphatic heterocycles. The summed E-state index contributed by atoms with van der Waals surface area (Å²) in [6, 6.07) is 3.84. The number of piperidine rings is 1. The predicted molar refractivity (Wildman–Crippen MR) is 75.1 cm³/mol. The Morgan fingerprint density at radius 2 is 2.37 bits per heavy atom. The van der Waals surface area contributed by atoms with Gasteiger partial charge in [-0.3, -0.25) is 9.78 Å². The number of hydrogen-bond donors (Lipinski definition) is 1. The van der Waals surface area contributed by atoms with Crippen molar-refractivity contribution in [3.63, 3.8) is 0 Å². The zero-order valence-electron chi connectivity index (χ0n) is 11.6. The maximum absolute atomic E-state index is 12.5. The van der Waals surface area contributed by atoms with Gasteiger partial charge < -0.3 is 10.2 Å². The average Bonchev–Trinajstić information content (AvgIpc) is 2.63. The Morgan fingerprint density at radius 3 is 3.16 bits per heavy atom. The van der Waals surface area contributed by atoms with Crippen LogP contribution in [0.2, 0.25) is 0 Å². The van der Waals surface area contributed by atoms with Gasteiger partial charge in [-0.25, -0.2) is 0 Å². The first-order chi connectivity index (χ1) is 9.12. The molecule has 0 aliphatic carbocycles. The highest BCUT2D eigenvalue weighted by Crippen LogP contribution is 2.42. The van der Waals surface area contributed by atoms with E-state index in [-0.39, 0.29) is 5.91 Å². The Bertz CT molecular complexity index is 500. The molecule has 3 rings (SSSR count). The second kappa shape index (κ2) is 4.60. The number of nitrogens with zero attached hydrogens (tertiary/aromatic N) is 2. The van der Waals surface area contributed by atoms with Crippen LogP contribution in [0.5, 0.6) is 0 Å². The highest BCUT2D eigenvalue weighted by atomic mass is 16.2. The van der Waals surface area contributed by atoms with E-state index in [1.165, 1.54) is 0 Å². The van der Waals surface area contributed by atoms with Gasteiger partial charge in [0.1, 0.15) is 5.41 Å². The van der Waals surface area contributed by atoms with E-state index in [4.69, 9.17) is 0 Å². The summed E-state index contributed by atoms with van der Waals surface area (Å²) in [6.07, 6.45) is 3.77. The van der Waals surface area contributed by atoms with Crippen LogP contribution in [-0.4, -0.2) is 35.4 Å². The zero-order chi connectivity index (χ0) is 13.5. The third-order valence-corrected chi connectivity index (χ3v) is 4.14. The summed E-state index contributed by atoms with van der Waals surface area (Å²) in [5, 5.41) is 3.00. The number of rotatable bonds is 2. The predicted octanol–water partition coefficient (Wildman–Crippen LogP) is 2.02. The third-order valence-electron chi connectivity index (χ3n) is 4.14. The third kappa shape index (κ3) is 2.04. The average molecular weight is 259 g/mol. The first kappa shape index (κ1) is 12.6. The van der Waals surface area contributed by atoms with Crippen LogP contribution in [0.1, 0.15) is 32.4 Å². The summed E-state index contributed by atoms with van der Waals surface area (Å²) >= 11 is 0. The molecule has 0 radical (unpaired) electrons. The minimum atomic E-state index is -0.413. The van der Waals surface area contributed by atoms with Crippen molar-refractivity contribution < 1.29 is 4.79 Å². The maximum Gasteiger partial charge on any atom is 0.238 e. The summed E-state index contributed by atoms with van der Waals surface area (Å²) in [5.74, 6) is 0.762. The van der Waals surface area contributed by atoms with Gasteiger partial charge in [-0.1, -0.05) is 13.8 Å². The van der Waals surface area contributed by atoms with Gasteiger partial charge in [0.15, 0.2) is 0 Å². The molecule has 3 heterocycles. The Balaban J connectivity index is 1.92. The van der Waals surface area contributed by atoms with Crippen molar-refractivity contribution >= 4 is 11.6 Å². The number of carbonyl (C=O) groups excluding carboxylic acids is 1. The Labute approximate surface area is 114 Å². The first-order valence-electron chi connectivity index (χ1n) is 7.11. The summed E-state index contributed by atoms with van der Waals surface area (Å²) in [4.78, 5) is 19.4. The minimum Gasteiger partial charge on any atom is -0.324 e. The molecule has 1 atom stereocenters. The molecule has 1 saturated heterocycles. The van der Waals surface area contributed by atoms with Crippen LogP contribution < -0.4 is 5.32 Å². The lowest BCUT2D eigenvalue weighted by atomic mass is 9.77. The molecule has 1 aromatic rings. The number of anilines is 1. The molecule has 1 spiro atoms. The molecule has 2 aliphatic rings. The number of aromatic nitrogens is 1. The van der Waals surface area contributed by atoms with Crippen molar-refractivity contribution in [3.05, 3.63) is 24.0 Å². The quantitative estimate of drug-likeness (QED) is 0.884. The summed E-state index contributed by atoms with van der Waals surface area (Å²) in [5.41, 5.74) is 1.44. The van der Waals surface area contributed by atoms with Crippen LogP contribution in [0.15, 0.2) is 18.3 Å². The van der Waals surface area contributed by atoms with Crippen LogP contribution in [0.4, 0.5) is 5.69 Å². The molecule has 4 heteroatoms. The van der Waals surface area contributed by atoms with Crippen LogP contribution in [0.25, 0.3) is 0 Å². The normalized spacial score (nSPS) is 26.8. The van der Waals surface area contributed by atoms with E-state index >= 15 is 0 Å². The number of fused-ring (bicyclic) bond motifs is 2. The molecular formula is C15H21N3O. The van der Waals surface area contributed by atoms with Gasteiger partial charge in [0.05, 0.1) is 11.4 Å². The highest BCUT2D eigenvalue weighted by molar-refractivity contribution is 6.05. The number of pyridine rings is 1. The molecule has 1 fully saturated rings. The van der Waals surface area contributed by atoms with Gasteiger partial charge in [-0.05, 0) is 37.4 Å². The Kier molecular flexibility index (Phi) is 3.05. The minimum absolute atomic E-state index is 0.134. The molecule has 0 saturated carbocycles. The fourth-order valence-electron chi connectivity index (χ4n) is 3.43. The van der Waals surface area contributed by atoms with Gasteiger partial charge in [0, 0.05) is 19.3 Å². The second-order valence-corrected chi connectivity index (χ2v) is 6.17. The van der Waals surface area contributed by atoms with Crippen molar-refractivity contribution in [1.29, 1.82) is 0 Å². The topological polar surface area (TPSA) is 45.2 Å². The molecule has 1 unspecified atom stereocenters. The summed E-state index contributed by atoms with van der Waals surface area (Å²) in [6.45, 7) is 7.40. The van der Waals surface area contributed by atoms with E-state index in [1.54, 1.807) is 6.20 Å². The van der Waals surface area contributed by atoms with Crippen molar-refractivity contribution in [3.8, 4) is 0 Å². The lowest BCUT2D eigenvalue weighted by molar-refractivity contribution is -0.123. The van der Waals surface area contributed by atoms with Crippen molar-refractivity contribution in [2.45, 2.75) is 32.1 Å².